The van der Waals surface area contributed by atoms with Gasteiger partial charge in [0.2, 0.25) is 0 Å². The third kappa shape index (κ3) is 2.71. The van der Waals surface area contributed by atoms with Gasteiger partial charge in [0.15, 0.2) is 0 Å². The molecule has 0 aromatic heterocycles. The van der Waals surface area contributed by atoms with E-state index in [-0.39, 0.29) is 11.5 Å². The maximum absolute atomic E-state index is 11.5. The van der Waals surface area contributed by atoms with Gasteiger partial charge in [0, 0.05) is 11.3 Å². The van der Waals surface area contributed by atoms with E-state index in [9.17, 15) is 5.11 Å². The largest absolute Gasteiger partial charge is 0.392 e. The van der Waals surface area contributed by atoms with Crippen molar-refractivity contribution in [1.29, 1.82) is 0 Å². The molecular weight excluding hydrogens is 579 g/mol. The average molecular weight is 647 g/mol. The predicted molar refractivity (Wildman–Crippen MR) is 196 cm³/mol. The molecule has 0 saturated heterocycles. The molecule has 0 aliphatic heterocycles. The van der Waals surface area contributed by atoms with Gasteiger partial charge >= 0.3 is 0 Å². The van der Waals surface area contributed by atoms with Gasteiger partial charge in [0.05, 0.1) is 6.10 Å². The van der Waals surface area contributed by atoms with Crippen molar-refractivity contribution in [3.8, 4) is 0 Å². The molecule has 12 rings (SSSR count). The van der Waals surface area contributed by atoms with Crippen molar-refractivity contribution in [1.82, 2.24) is 0 Å². The Bertz CT molecular complexity index is 1550. The highest BCUT2D eigenvalue weighted by Gasteiger charge is 3.01. The summed E-state index contributed by atoms with van der Waals surface area (Å²) in [4.78, 5) is 0. The molecule has 0 heterocycles. The topological polar surface area (TPSA) is 20.2 Å². The molecule has 0 aromatic carbocycles. The summed E-state index contributed by atoms with van der Waals surface area (Å²) in [7, 11) is 2.73. The Balaban J connectivity index is 0.733. The lowest BCUT2D eigenvalue weighted by molar-refractivity contribution is -0.345. The minimum absolute atomic E-state index is 0.0343. The molecule has 0 aromatic rings. The van der Waals surface area contributed by atoms with Crippen molar-refractivity contribution in [3.05, 3.63) is 23.8 Å². The normalized spacial score (nSPS) is 64.4. The second-order valence-corrected chi connectivity index (χ2v) is 23.0. The van der Waals surface area contributed by atoms with Crippen molar-refractivity contribution < 1.29 is 5.11 Å². The number of fused-ring (bicyclic) bond motifs is 15. The van der Waals surface area contributed by atoms with Crippen LogP contribution >= 0.6 is 0 Å². The van der Waals surface area contributed by atoms with Gasteiger partial charge in [0.1, 0.15) is 7.85 Å². The van der Waals surface area contributed by atoms with Crippen molar-refractivity contribution in [2.45, 2.75) is 99.9 Å². The van der Waals surface area contributed by atoms with Gasteiger partial charge in [-0.2, -0.15) is 0 Å². The van der Waals surface area contributed by atoms with E-state index in [4.69, 9.17) is 0 Å². The quantitative estimate of drug-likeness (QED) is 0.176. The first-order valence-corrected chi connectivity index (χ1v) is 21.9. The Morgan fingerprint density at radius 1 is 0.771 bits per heavy atom. The fourth-order valence-corrected chi connectivity index (χ4v) is 19.7. The van der Waals surface area contributed by atoms with Crippen LogP contribution in [-0.4, -0.2) is 19.1 Å². The summed E-state index contributed by atoms with van der Waals surface area (Å²) in [5, 5.41) is 11.5. The molecular formula is C46H67BO. The fourth-order valence-electron chi connectivity index (χ4n) is 19.7. The average Bonchev–Trinajstić information content (AvgIpc) is 3.96. The van der Waals surface area contributed by atoms with Crippen LogP contribution in [0, 0.1) is 158 Å². The molecule has 1 N–H and O–H groups in total. The minimum Gasteiger partial charge on any atom is -0.392 e. The van der Waals surface area contributed by atoms with Gasteiger partial charge < -0.3 is 5.11 Å². The molecule has 260 valence electrons. The van der Waals surface area contributed by atoms with Crippen LogP contribution in [0.15, 0.2) is 23.8 Å². The van der Waals surface area contributed by atoms with Crippen LogP contribution in [0.4, 0.5) is 0 Å². The van der Waals surface area contributed by atoms with Crippen molar-refractivity contribution in [2.75, 3.05) is 0 Å². The van der Waals surface area contributed by atoms with Crippen LogP contribution in [0.2, 0.25) is 5.82 Å². The molecule has 0 amide bonds. The SMILES string of the molecule is BC1C2C(C3C4C(CC4[C@@]4(C)C(O)C4C(C)C(C)C(C)C)[C@@H]23)C1C1(C2=C3C2C24C5C6CC(C(C)[C@@H](C)C(C)C(C)C=C)C6[C@H]5[C@@H]2C34)CC1. The molecule has 11 saturated carbocycles. The Kier molecular flexibility index (Phi) is 5.31. The Hall–Kier alpha value is -0.495. The van der Waals surface area contributed by atoms with Crippen LogP contribution in [0.1, 0.15) is 88.0 Å². The van der Waals surface area contributed by atoms with Gasteiger partial charge in [0.25, 0.3) is 0 Å². The molecule has 22 unspecified atom stereocenters. The van der Waals surface area contributed by atoms with Crippen LogP contribution in [-0.2, 0) is 0 Å². The molecule has 12 aliphatic carbocycles. The molecule has 11 fully saturated rings. The number of hydrogen-bond donors (Lipinski definition) is 1. The van der Waals surface area contributed by atoms with E-state index in [2.05, 4.69) is 94.0 Å². The van der Waals surface area contributed by atoms with Gasteiger partial charge in [-0.15, -0.1) is 6.58 Å². The summed E-state index contributed by atoms with van der Waals surface area (Å²) >= 11 is 0. The van der Waals surface area contributed by atoms with Crippen LogP contribution in [0.3, 0.4) is 0 Å². The molecule has 27 atom stereocenters. The Labute approximate surface area is 294 Å². The summed E-state index contributed by atoms with van der Waals surface area (Å²) in [6, 6.07) is 0. The highest BCUT2D eigenvalue weighted by molar-refractivity contribution is 6.13. The van der Waals surface area contributed by atoms with Crippen molar-refractivity contribution >= 4 is 7.85 Å². The van der Waals surface area contributed by atoms with Crippen LogP contribution in [0.25, 0.3) is 0 Å². The molecule has 0 bridgehead atoms. The Morgan fingerprint density at radius 3 is 2.17 bits per heavy atom. The van der Waals surface area contributed by atoms with Crippen molar-refractivity contribution in [2.24, 2.45) is 158 Å². The lowest BCUT2D eigenvalue weighted by atomic mass is 9.19. The van der Waals surface area contributed by atoms with E-state index >= 15 is 0 Å². The number of hydrogen-bond acceptors (Lipinski definition) is 1. The van der Waals surface area contributed by atoms with Crippen LogP contribution < -0.4 is 0 Å². The van der Waals surface area contributed by atoms with Gasteiger partial charge in [-0.1, -0.05) is 85.4 Å². The maximum atomic E-state index is 11.5. The smallest absolute Gasteiger partial charge is 0.106 e. The highest BCUT2D eigenvalue weighted by Crippen LogP contribution is 3.06. The van der Waals surface area contributed by atoms with Gasteiger partial charge in [-0.25, -0.2) is 0 Å². The van der Waals surface area contributed by atoms with Gasteiger partial charge in [-0.3, -0.25) is 0 Å². The highest BCUT2D eigenvalue weighted by atomic mass is 16.3. The molecule has 48 heavy (non-hydrogen) atoms. The predicted octanol–water partition coefficient (Wildman–Crippen LogP) is 8.90. The van der Waals surface area contributed by atoms with Crippen LogP contribution in [0.5, 0.6) is 0 Å². The molecule has 1 spiro atoms. The molecule has 0 radical (unpaired) electrons. The Morgan fingerprint density at radius 2 is 1.50 bits per heavy atom. The third-order valence-electron chi connectivity index (χ3n) is 23.0. The molecule has 2 heteroatoms. The number of rotatable bonds is 11. The molecule has 1 nitrogen and oxygen atoms in total. The zero-order valence-electron chi connectivity index (χ0n) is 32.1. The van der Waals surface area contributed by atoms with E-state index < -0.39 is 0 Å². The zero-order chi connectivity index (χ0) is 33.2. The lowest BCUT2D eigenvalue weighted by Crippen LogP contribution is -2.79. The van der Waals surface area contributed by atoms with Crippen molar-refractivity contribution in [3.63, 3.8) is 0 Å². The minimum atomic E-state index is -0.0343. The summed E-state index contributed by atoms with van der Waals surface area (Å²) in [6.45, 7) is 26.4. The first kappa shape index (κ1) is 30.0. The fraction of sp³-hybridized carbons (Fsp3) is 0.913. The second-order valence-electron chi connectivity index (χ2n) is 23.0. The second kappa shape index (κ2) is 8.49. The van der Waals surface area contributed by atoms with Gasteiger partial charge in [-0.05, 0) is 173 Å². The lowest BCUT2D eigenvalue weighted by Gasteiger charge is -2.84. The molecule has 12 aliphatic rings. The summed E-state index contributed by atoms with van der Waals surface area (Å²) in [5.41, 5.74) is 6.02. The maximum Gasteiger partial charge on any atom is 0.106 e. The zero-order valence-corrected chi connectivity index (χ0v) is 32.1. The first-order chi connectivity index (χ1) is 22.8. The number of aliphatic hydroxyl groups excluding tert-OH is 1. The van der Waals surface area contributed by atoms with E-state index in [1.807, 2.05) is 0 Å². The first-order valence-electron chi connectivity index (χ1n) is 21.9. The number of aliphatic hydroxyl groups is 1. The standard InChI is InChI=1S/C46H67BO/c1-11-17(4)19(6)20(7)21(8)23-14-25-27(23)33-36(25)46-38(33)40(46)34-37(39(34)46)45(12-13-45)41-31-30-28-24(29(30)32(31)42(41)47)15-26(28)44(10)35(43(44)48)22(9)18(5)16(2)3/h11,16-33,35-36,38-43,48H,1,12-15,47H2,2-10H3/t17?,18?,19?,20-,21?,22?,23?,24?,25?,26?,27?,28?,29+,30?,31?,32?,33+,35?,36?,38+,39?,40?,41?,42?,43?,44+,46?/m0/s1. The third-order valence-corrected chi connectivity index (χ3v) is 23.0. The van der Waals surface area contributed by atoms with E-state index in [0.717, 1.165) is 124 Å². The van der Waals surface area contributed by atoms with E-state index in [1.165, 1.54) is 6.42 Å². The monoisotopic (exact) mass is 647 g/mol. The van der Waals surface area contributed by atoms with E-state index in [0.29, 0.717) is 35.0 Å². The summed E-state index contributed by atoms with van der Waals surface area (Å²) in [6.07, 6.45) is 8.33. The summed E-state index contributed by atoms with van der Waals surface area (Å²) < 4.78 is 0. The van der Waals surface area contributed by atoms with E-state index in [1.54, 1.807) is 19.3 Å². The summed E-state index contributed by atoms with van der Waals surface area (Å²) in [5.74, 6) is 23.8. The number of allylic oxidation sites excluding steroid dienone is 3.